The lowest BCUT2D eigenvalue weighted by Crippen LogP contribution is -1.83. The van der Waals surface area contributed by atoms with E-state index >= 15 is 0 Å². The minimum atomic E-state index is 1.16. The van der Waals surface area contributed by atoms with Gasteiger partial charge >= 0.3 is 0 Å². The van der Waals surface area contributed by atoms with Crippen LogP contribution in [0.15, 0.2) is 29.2 Å². The summed E-state index contributed by atoms with van der Waals surface area (Å²) in [4.78, 5) is 1.39. The first-order chi connectivity index (χ1) is 6.36. The third-order valence-corrected chi connectivity index (χ3v) is 2.95. The number of hydrogen-bond donors (Lipinski definition) is 0. The zero-order valence-corrected chi connectivity index (χ0v) is 9.36. The Morgan fingerprint density at radius 2 is 1.77 bits per heavy atom. The van der Waals surface area contributed by atoms with Crippen LogP contribution in [0.2, 0.25) is 0 Å². The molecule has 1 heteroatoms. The molecule has 0 amide bonds. The summed E-state index contributed by atoms with van der Waals surface area (Å²) in [5, 5.41) is 0. The molecule has 0 N–H and O–H groups in total. The predicted molar refractivity (Wildman–Crippen MR) is 61.5 cm³/mol. The molecular weight excluding hydrogens is 176 g/mol. The lowest BCUT2D eigenvalue weighted by Gasteiger charge is -2.01. The molecule has 1 aromatic carbocycles. The maximum Gasteiger partial charge on any atom is 0.00720 e. The lowest BCUT2D eigenvalue weighted by atomic mass is 10.1. The van der Waals surface area contributed by atoms with Gasteiger partial charge in [0.1, 0.15) is 0 Å². The number of hydrogen-bond acceptors (Lipinski definition) is 1. The molecule has 72 valence electrons. The second kappa shape index (κ2) is 6.09. The minimum Gasteiger partial charge on any atom is -0.126 e. The summed E-state index contributed by atoms with van der Waals surface area (Å²) in [5.74, 6) is 1.16. The Balaban J connectivity index is 2.48. The molecule has 1 rings (SSSR count). The van der Waals surface area contributed by atoms with E-state index in [1.807, 2.05) is 11.8 Å². The van der Waals surface area contributed by atoms with Crippen molar-refractivity contribution in [1.82, 2.24) is 0 Å². The molecule has 0 aliphatic carbocycles. The van der Waals surface area contributed by atoms with Crippen molar-refractivity contribution in [3.8, 4) is 0 Å². The third-order valence-electron chi connectivity index (χ3n) is 2.05. The largest absolute Gasteiger partial charge is 0.126 e. The highest BCUT2D eigenvalue weighted by Crippen LogP contribution is 2.18. The van der Waals surface area contributed by atoms with Crippen LogP contribution in [-0.4, -0.2) is 5.75 Å². The number of aryl methyl sites for hydroxylation is 1. The lowest BCUT2D eigenvalue weighted by molar-refractivity contribution is 0.794. The smallest absolute Gasteiger partial charge is 0.00720 e. The molecule has 1 aromatic rings. The van der Waals surface area contributed by atoms with Gasteiger partial charge in [-0.15, -0.1) is 11.8 Å². The van der Waals surface area contributed by atoms with Gasteiger partial charge in [-0.2, -0.15) is 0 Å². The van der Waals surface area contributed by atoms with E-state index in [2.05, 4.69) is 38.1 Å². The molecule has 0 bridgehead atoms. The molecule has 0 radical (unpaired) electrons. The Hall–Kier alpha value is -0.430. The van der Waals surface area contributed by atoms with Gasteiger partial charge in [-0.3, -0.25) is 0 Å². The molecule has 0 unspecified atom stereocenters. The fraction of sp³-hybridized carbons (Fsp3) is 0.500. The van der Waals surface area contributed by atoms with E-state index in [0.717, 1.165) is 5.75 Å². The van der Waals surface area contributed by atoms with Gasteiger partial charge < -0.3 is 0 Å². The highest BCUT2D eigenvalue weighted by molar-refractivity contribution is 7.99. The molecule has 0 aromatic heterocycles. The van der Waals surface area contributed by atoms with E-state index in [4.69, 9.17) is 0 Å². The quantitative estimate of drug-likeness (QED) is 0.635. The summed E-state index contributed by atoms with van der Waals surface area (Å²) in [7, 11) is 0. The van der Waals surface area contributed by atoms with Crippen molar-refractivity contribution in [2.45, 2.75) is 38.0 Å². The van der Waals surface area contributed by atoms with Crippen molar-refractivity contribution in [3.63, 3.8) is 0 Å². The maximum absolute atomic E-state index is 2.26. The molecule has 0 nitrogen and oxygen atoms in total. The Morgan fingerprint density at radius 3 is 2.31 bits per heavy atom. The van der Waals surface area contributed by atoms with E-state index < -0.39 is 0 Å². The molecule has 0 aliphatic rings. The SMILES string of the molecule is CCCCc1ccc(SCC)cc1. The average Bonchev–Trinajstić information content (AvgIpc) is 2.17. The minimum absolute atomic E-state index is 1.16. The Bertz CT molecular complexity index is 225. The van der Waals surface area contributed by atoms with Crippen LogP contribution in [0.3, 0.4) is 0 Å². The Kier molecular flexibility index (Phi) is 4.99. The van der Waals surface area contributed by atoms with Gasteiger partial charge in [-0.1, -0.05) is 32.4 Å². The molecule has 0 atom stereocenters. The van der Waals surface area contributed by atoms with Crippen LogP contribution in [0.5, 0.6) is 0 Å². The second-order valence-electron chi connectivity index (χ2n) is 3.18. The maximum atomic E-state index is 2.26. The molecule has 0 saturated carbocycles. The molecule has 0 saturated heterocycles. The zero-order chi connectivity index (χ0) is 9.52. The van der Waals surface area contributed by atoms with Gasteiger partial charge in [-0.25, -0.2) is 0 Å². The number of thioether (sulfide) groups is 1. The van der Waals surface area contributed by atoms with Gasteiger partial charge in [0.05, 0.1) is 0 Å². The van der Waals surface area contributed by atoms with Crippen molar-refractivity contribution in [3.05, 3.63) is 29.8 Å². The molecule has 13 heavy (non-hydrogen) atoms. The zero-order valence-electron chi connectivity index (χ0n) is 8.55. The fourth-order valence-electron chi connectivity index (χ4n) is 1.30. The molecule has 0 heterocycles. The van der Waals surface area contributed by atoms with Crippen LogP contribution in [-0.2, 0) is 6.42 Å². The van der Waals surface area contributed by atoms with Crippen LogP contribution in [0.25, 0.3) is 0 Å². The third kappa shape index (κ3) is 3.86. The van der Waals surface area contributed by atoms with E-state index in [1.54, 1.807) is 0 Å². The summed E-state index contributed by atoms with van der Waals surface area (Å²) in [5.41, 5.74) is 1.47. The first kappa shape index (κ1) is 10.6. The number of unbranched alkanes of at least 4 members (excludes halogenated alkanes) is 1. The molecule has 0 aliphatic heterocycles. The fourth-order valence-corrected chi connectivity index (χ4v) is 1.96. The monoisotopic (exact) mass is 194 g/mol. The Labute approximate surface area is 85.7 Å². The van der Waals surface area contributed by atoms with Gasteiger partial charge in [0.2, 0.25) is 0 Å². The van der Waals surface area contributed by atoms with Gasteiger partial charge in [0, 0.05) is 4.90 Å². The summed E-state index contributed by atoms with van der Waals surface area (Å²) in [6.07, 6.45) is 3.82. The summed E-state index contributed by atoms with van der Waals surface area (Å²) < 4.78 is 0. The molecule has 0 fully saturated rings. The summed E-state index contributed by atoms with van der Waals surface area (Å²) in [6, 6.07) is 8.99. The topological polar surface area (TPSA) is 0 Å². The van der Waals surface area contributed by atoms with Crippen LogP contribution in [0, 0.1) is 0 Å². The van der Waals surface area contributed by atoms with E-state index in [-0.39, 0.29) is 0 Å². The van der Waals surface area contributed by atoms with Crippen LogP contribution < -0.4 is 0 Å². The van der Waals surface area contributed by atoms with Crippen molar-refractivity contribution in [2.24, 2.45) is 0 Å². The molecular formula is C12H18S. The van der Waals surface area contributed by atoms with Crippen LogP contribution >= 0.6 is 11.8 Å². The van der Waals surface area contributed by atoms with Crippen molar-refractivity contribution < 1.29 is 0 Å². The Morgan fingerprint density at radius 1 is 1.08 bits per heavy atom. The highest BCUT2D eigenvalue weighted by atomic mass is 32.2. The standard InChI is InChI=1S/C12H18S/c1-3-5-6-11-7-9-12(10-8-11)13-4-2/h7-10H,3-6H2,1-2H3. The van der Waals surface area contributed by atoms with Crippen LogP contribution in [0.1, 0.15) is 32.3 Å². The predicted octanol–water partition coefficient (Wildman–Crippen LogP) is 4.14. The van der Waals surface area contributed by atoms with Crippen molar-refractivity contribution in [1.29, 1.82) is 0 Å². The van der Waals surface area contributed by atoms with Gasteiger partial charge in [0.25, 0.3) is 0 Å². The van der Waals surface area contributed by atoms with Gasteiger partial charge in [-0.05, 0) is 36.3 Å². The highest BCUT2D eigenvalue weighted by Gasteiger charge is 1.93. The van der Waals surface area contributed by atoms with Crippen LogP contribution in [0.4, 0.5) is 0 Å². The number of rotatable bonds is 5. The molecule has 0 spiro atoms. The number of benzene rings is 1. The summed E-state index contributed by atoms with van der Waals surface area (Å²) >= 11 is 1.91. The first-order valence-electron chi connectivity index (χ1n) is 5.08. The second-order valence-corrected chi connectivity index (χ2v) is 4.52. The normalized spacial score (nSPS) is 10.3. The van der Waals surface area contributed by atoms with Crippen molar-refractivity contribution in [2.75, 3.05) is 5.75 Å². The van der Waals surface area contributed by atoms with Gasteiger partial charge in [0.15, 0.2) is 0 Å². The van der Waals surface area contributed by atoms with E-state index in [0.29, 0.717) is 0 Å². The summed E-state index contributed by atoms with van der Waals surface area (Å²) in [6.45, 7) is 4.43. The van der Waals surface area contributed by atoms with Crippen molar-refractivity contribution >= 4 is 11.8 Å². The first-order valence-corrected chi connectivity index (χ1v) is 6.07. The average molecular weight is 194 g/mol. The van der Waals surface area contributed by atoms with E-state index in [9.17, 15) is 0 Å². The van der Waals surface area contributed by atoms with E-state index in [1.165, 1.54) is 29.7 Å².